The third kappa shape index (κ3) is 4.61. The summed E-state index contributed by atoms with van der Waals surface area (Å²) in [5.74, 6) is 0.900. The number of rotatable bonds is 4. The molecule has 26 heavy (non-hydrogen) atoms. The molecule has 0 bridgehead atoms. The molecule has 1 aromatic heterocycles. The fourth-order valence-corrected chi connectivity index (χ4v) is 2.94. The van der Waals surface area contributed by atoms with E-state index in [4.69, 9.17) is 5.26 Å². The maximum Gasteiger partial charge on any atom is 0.244 e. The van der Waals surface area contributed by atoms with Crippen LogP contribution >= 0.6 is 0 Å². The molecule has 0 saturated carbocycles. The number of carbonyl (C=O) groups excluding carboxylic acids is 1. The lowest BCUT2D eigenvalue weighted by Crippen LogP contribution is -2.44. The number of amides is 1. The number of benzene rings is 1. The van der Waals surface area contributed by atoms with Gasteiger partial charge >= 0.3 is 0 Å². The summed E-state index contributed by atoms with van der Waals surface area (Å²) in [5, 5.41) is 21.3. The number of aromatic nitrogens is 1. The Hall–Kier alpha value is -3.33. The first-order valence-corrected chi connectivity index (χ1v) is 8.53. The maximum atomic E-state index is 12.1. The minimum atomic E-state index is -0.136. The molecule has 1 aliphatic rings. The molecular weight excluding hydrogens is 328 g/mol. The van der Waals surface area contributed by atoms with Gasteiger partial charge in [0, 0.05) is 31.4 Å². The lowest BCUT2D eigenvalue weighted by atomic mass is 10.0. The lowest BCUT2D eigenvalue weighted by molar-refractivity contribution is -0.117. The van der Waals surface area contributed by atoms with Crippen molar-refractivity contribution in [2.24, 2.45) is 0 Å². The predicted molar refractivity (Wildman–Crippen MR) is 99.5 cm³/mol. The van der Waals surface area contributed by atoms with Crippen LogP contribution in [-0.2, 0) is 4.79 Å². The number of carbonyl (C=O) groups is 1. The minimum Gasteiger partial charge on any atom is -0.508 e. The van der Waals surface area contributed by atoms with E-state index in [1.165, 1.54) is 6.08 Å². The van der Waals surface area contributed by atoms with Crippen LogP contribution in [0.1, 0.15) is 24.0 Å². The van der Waals surface area contributed by atoms with Crippen molar-refractivity contribution in [2.75, 3.05) is 18.0 Å². The number of hydrogen-bond donors (Lipinski definition) is 2. The van der Waals surface area contributed by atoms with Gasteiger partial charge in [-0.25, -0.2) is 4.98 Å². The van der Waals surface area contributed by atoms with Gasteiger partial charge in [-0.3, -0.25) is 4.79 Å². The Morgan fingerprint density at radius 1 is 1.31 bits per heavy atom. The highest BCUT2D eigenvalue weighted by molar-refractivity contribution is 5.91. The zero-order valence-corrected chi connectivity index (χ0v) is 14.3. The molecule has 6 nitrogen and oxygen atoms in total. The van der Waals surface area contributed by atoms with Crippen LogP contribution in [0.5, 0.6) is 5.75 Å². The first-order chi connectivity index (χ1) is 12.6. The predicted octanol–water partition coefficient (Wildman–Crippen LogP) is 2.46. The summed E-state index contributed by atoms with van der Waals surface area (Å²) >= 11 is 0. The first-order valence-electron chi connectivity index (χ1n) is 8.53. The fraction of sp³-hybridized carbons (Fsp3) is 0.250. The van der Waals surface area contributed by atoms with Crippen LogP contribution in [0, 0.1) is 11.3 Å². The number of nitriles is 1. The molecule has 1 fully saturated rings. The number of piperidine rings is 1. The molecule has 1 amide bonds. The Balaban J connectivity index is 1.48. The topological polar surface area (TPSA) is 89.2 Å². The van der Waals surface area contributed by atoms with Gasteiger partial charge in [0.2, 0.25) is 5.91 Å². The Morgan fingerprint density at radius 2 is 2.12 bits per heavy atom. The number of anilines is 1. The summed E-state index contributed by atoms with van der Waals surface area (Å²) < 4.78 is 0. The number of aromatic hydroxyl groups is 1. The van der Waals surface area contributed by atoms with Crippen LogP contribution in [0.25, 0.3) is 6.08 Å². The van der Waals surface area contributed by atoms with Gasteiger partial charge in [-0.15, -0.1) is 0 Å². The largest absolute Gasteiger partial charge is 0.508 e. The third-order valence-electron chi connectivity index (χ3n) is 4.34. The molecule has 0 unspecified atom stereocenters. The quantitative estimate of drug-likeness (QED) is 0.829. The van der Waals surface area contributed by atoms with Crippen molar-refractivity contribution < 1.29 is 9.90 Å². The smallest absolute Gasteiger partial charge is 0.244 e. The van der Waals surface area contributed by atoms with Crippen molar-refractivity contribution >= 4 is 17.8 Å². The van der Waals surface area contributed by atoms with E-state index in [0.29, 0.717) is 5.56 Å². The van der Waals surface area contributed by atoms with Crippen molar-refractivity contribution in [3.63, 3.8) is 0 Å². The second-order valence-electron chi connectivity index (χ2n) is 6.22. The van der Waals surface area contributed by atoms with Gasteiger partial charge < -0.3 is 15.3 Å². The maximum absolute atomic E-state index is 12.1. The summed E-state index contributed by atoms with van der Waals surface area (Å²) in [7, 11) is 0. The van der Waals surface area contributed by atoms with Crippen molar-refractivity contribution in [1.82, 2.24) is 10.3 Å². The van der Waals surface area contributed by atoms with Gasteiger partial charge in [-0.05, 0) is 48.7 Å². The molecule has 132 valence electrons. The number of nitrogens with one attached hydrogen (secondary N) is 1. The first kappa shape index (κ1) is 17.5. The SMILES string of the molecule is N#Cc1ccc(N2CCC(NC(=O)C=Cc3cccc(O)c3)CC2)nc1. The summed E-state index contributed by atoms with van der Waals surface area (Å²) in [6.45, 7) is 1.61. The molecule has 1 aliphatic heterocycles. The van der Waals surface area contributed by atoms with Crippen molar-refractivity contribution in [1.29, 1.82) is 5.26 Å². The molecule has 6 heteroatoms. The average Bonchev–Trinajstić information content (AvgIpc) is 2.67. The highest BCUT2D eigenvalue weighted by Crippen LogP contribution is 2.18. The van der Waals surface area contributed by atoms with Gasteiger partial charge in [0.15, 0.2) is 0 Å². The molecular formula is C20H20N4O2. The van der Waals surface area contributed by atoms with E-state index in [2.05, 4.69) is 21.3 Å². The van der Waals surface area contributed by atoms with Crippen LogP contribution in [0.4, 0.5) is 5.82 Å². The van der Waals surface area contributed by atoms with Crippen molar-refractivity contribution in [3.05, 3.63) is 59.8 Å². The monoisotopic (exact) mass is 348 g/mol. The highest BCUT2D eigenvalue weighted by atomic mass is 16.3. The Bertz CT molecular complexity index is 832. The molecule has 0 atom stereocenters. The fourth-order valence-electron chi connectivity index (χ4n) is 2.94. The van der Waals surface area contributed by atoms with E-state index in [-0.39, 0.29) is 17.7 Å². The average molecular weight is 348 g/mol. The Labute approximate surface area is 152 Å². The number of phenolic OH excluding ortho intramolecular Hbond substituents is 1. The summed E-state index contributed by atoms with van der Waals surface area (Å²) in [6, 6.07) is 12.6. The van der Waals surface area contributed by atoms with Crippen LogP contribution < -0.4 is 10.2 Å². The summed E-state index contributed by atoms with van der Waals surface area (Å²) in [4.78, 5) is 18.5. The molecule has 2 heterocycles. The molecule has 0 radical (unpaired) electrons. The van der Waals surface area contributed by atoms with Gasteiger partial charge in [0.1, 0.15) is 17.6 Å². The van der Waals surface area contributed by atoms with Crippen molar-refractivity contribution in [3.8, 4) is 11.8 Å². The summed E-state index contributed by atoms with van der Waals surface area (Å²) in [6.07, 6.45) is 6.43. The standard InChI is InChI=1S/C20H20N4O2/c21-13-16-4-6-19(22-14-16)24-10-8-17(9-11-24)23-20(26)7-5-15-2-1-3-18(25)12-15/h1-7,12,14,17,25H,8-11H2,(H,23,26). The van der Waals surface area contributed by atoms with Crippen LogP contribution in [-0.4, -0.2) is 35.1 Å². The van der Waals surface area contributed by atoms with E-state index in [9.17, 15) is 9.90 Å². The van der Waals surface area contributed by atoms with Gasteiger partial charge in [0.25, 0.3) is 0 Å². The summed E-state index contributed by atoms with van der Waals surface area (Å²) in [5.41, 5.74) is 1.33. The van der Waals surface area contributed by atoms with Crippen molar-refractivity contribution in [2.45, 2.75) is 18.9 Å². The number of pyridine rings is 1. The van der Waals surface area contributed by atoms with E-state index in [0.717, 1.165) is 37.3 Å². The molecule has 3 rings (SSSR count). The van der Waals surface area contributed by atoms with Crippen LogP contribution in [0.3, 0.4) is 0 Å². The molecule has 1 aromatic carbocycles. The van der Waals surface area contributed by atoms with Gasteiger partial charge in [-0.2, -0.15) is 5.26 Å². The zero-order chi connectivity index (χ0) is 18.4. The van der Waals surface area contributed by atoms with E-state index in [1.807, 2.05) is 12.1 Å². The highest BCUT2D eigenvalue weighted by Gasteiger charge is 2.20. The minimum absolute atomic E-state index is 0.131. The number of phenols is 1. The molecule has 2 aromatic rings. The zero-order valence-electron chi connectivity index (χ0n) is 14.3. The molecule has 0 spiro atoms. The molecule has 1 saturated heterocycles. The number of hydrogen-bond acceptors (Lipinski definition) is 5. The second kappa shape index (κ2) is 8.17. The number of nitrogens with zero attached hydrogens (tertiary/aromatic N) is 3. The Morgan fingerprint density at radius 3 is 2.77 bits per heavy atom. The third-order valence-corrected chi connectivity index (χ3v) is 4.34. The van der Waals surface area contributed by atoms with Gasteiger partial charge in [0.05, 0.1) is 5.56 Å². The van der Waals surface area contributed by atoms with Crippen LogP contribution in [0.15, 0.2) is 48.7 Å². The normalized spacial score (nSPS) is 15.0. The Kier molecular flexibility index (Phi) is 5.49. The van der Waals surface area contributed by atoms with Crippen LogP contribution in [0.2, 0.25) is 0 Å². The van der Waals surface area contributed by atoms with Gasteiger partial charge in [-0.1, -0.05) is 12.1 Å². The second-order valence-corrected chi connectivity index (χ2v) is 6.22. The molecule has 0 aliphatic carbocycles. The molecule has 2 N–H and O–H groups in total. The lowest BCUT2D eigenvalue weighted by Gasteiger charge is -2.33. The van der Waals surface area contributed by atoms with E-state index < -0.39 is 0 Å². The van der Waals surface area contributed by atoms with E-state index in [1.54, 1.807) is 36.5 Å². The van der Waals surface area contributed by atoms with E-state index >= 15 is 0 Å².